The van der Waals surface area contributed by atoms with Crippen LogP contribution in [0.5, 0.6) is 0 Å². The van der Waals surface area contributed by atoms with Crippen LogP contribution >= 0.6 is 11.3 Å². The number of nitrogens with zero attached hydrogens (tertiary/aromatic N) is 4. The van der Waals surface area contributed by atoms with E-state index in [4.69, 9.17) is 0 Å². The van der Waals surface area contributed by atoms with E-state index in [0.29, 0.717) is 26.5 Å². The topological polar surface area (TPSA) is 165 Å². The third kappa shape index (κ3) is 4.10. The van der Waals surface area contributed by atoms with Crippen molar-refractivity contribution in [3.63, 3.8) is 0 Å². The molecule has 2 aliphatic rings. The van der Waals surface area contributed by atoms with Crippen LogP contribution in [0, 0.1) is 21.4 Å². The van der Waals surface area contributed by atoms with Gasteiger partial charge in [-0.2, -0.15) is 0 Å². The molecular weight excluding hydrogens is 528 g/mol. The zero-order valence-corrected chi connectivity index (χ0v) is 21.9. The number of aliphatic hydroxyl groups is 1. The Kier molecular flexibility index (Phi) is 6.35. The maximum Gasteiger partial charge on any atom is 0.352 e. The number of rotatable bonds is 8. The molecule has 4 atom stereocenters. The van der Waals surface area contributed by atoms with Gasteiger partial charge in [0.05, 0.1) is 40.7 Å². The minimum absolute atomic E-state index is 0.0759. The van der Waals surface area contributed by atoms with E-state index in [1.54, 1.807) is 22.7 Å². The van der Waals surface area contributed by atoms with E-state index < -0.39 is 46.2 Å². The lowest BCUT2D eigenvalue weighted by molar-refractivity contribution is -0.384. The number of carboxylic acids is 1. The zero-order chi connectivity index (χ0) is 28.2. The molecule has 0 spiro atoms. The number of carboxylic acid groups (broad SMARTS) is 1. The first-order valence-corrected chi connectivity index (χ1v) is 12.7. The predicted molar refractivity (Wildman–Crippen MR) is 139 cm³/mol. The molecule has 2 aromatic heterocycles. The molecule has 12 nitrogen and oxygen atoms in total. The summed E-state index contributed by atoms with van der Waals surface area (Å²) in [6, 6.07) is 5.35. The Bertz CT molecular complexity index is 1580. The van der Waals surface area contributed by atoms with Crippen molar-refractivity contribution >= 4 is 51.3 Å². The number of nitro groups is 1. The number of non-ortho nitro benzene ring substituents is 1. The van der Waals surface area contributed by atoms with Crippen molar-refractivity contribution in [3.05, 3.63) is 74.8 Å². The van der Waals surface area contributed by atoms with Crippen LogP contribution in [-0.2, 0) is 25.5 Å². The second-order valence-electron chi connectivity index (χ2n) is 9.76. The monoisotopic (exact) mass is 552 g/mol. The highest BCUT2D eigenvalue weighted by molar-refractivity contribution is 7.18. The summed E-state index contributed by atoms with van der Waals surface area (Å²) < 4.78 is 6.34. The fourth-order valence-corrected chi connectivity index (χ4v) is 6.91. The molecule has 39 heavy (non-hydrogen) atoms. The minimum Gasteiger partial charge on any atom is -0.477 e. The fraction of sp³-hybridized carbons (Fsp3) is 0.308. The van der Waals surface area contributed by atoms with Gasteiger partial charge in [0.15, 0.2) is 0 Å². The van der Waals surface area contributed by atoms with Gasteiger partial charge in [-0.05, 0) is 25.0 Å². The van der Waals surface area contributed by atoms with Crippen LogP contribution in [0.4, 0.5) is 5.69 Å². The lowest BCUT2D eigenvalue weighted by Gasteiger charge is -2.51. The van der Waals surface area contributed by atoms with E-state index in [1.165, 1.54) is 60.9 Å². The fourth-order valence-electron chi connectivity index (χ4n) is 5.67. The van der Waals surface area contributed by atoms with Crippen LogP contribution in [0.15, 0.2) is 48.6 Å². The number of carbonyl (C=O) groups excluding carboxylic acids is 2. The molecule has 202 valence electrons. The Hall–Kier alpha value is -4.36. The lowest BCUT2D eigenvalue weighted by atomic mass is 9.64. The van der Waals surface area contributed by atoms with Gasteiger partial charge in [0.25, 0.3) is 5.69 Å². The van der Waals surface area contributed by atoms with E-state index in [9.17, 15) is 34.7 Å². The average molecular weight is 553 g/mol. The van der Waals surface area contributed by atoms with Gasteiger partial charge in [0.1, 0.15) is 16.9 Å². The maximum absolute atomic E-state index is 13.1. The van der Waals surface area contributed by atoms with Crippen molar-refractivity contribution in [3.8, 4) is 0 Å². The van der Waals surface area contributed by atoms with Crippen LogP contribution in [0.1, 0.15) is 30.0 Å². The highest BCUT2D eigenvalue weighted by Gasteiger charge is 2.66. The number of hydrogen-bond donors (Lipinski definition) is 2. The summed E-state index contributed by atoms with van der Waals surface area (Å²) in [6.07, 6.45) is 5.24. The molecule has 13 heteroatoms. The van der Waals surface area contributed by atoms with Gasteiger partial charge in [-0.3, -0.25) is 19.3 Å². The number of methoxy groups -OCH3 is 1. The van der Waals surface area contributed by atoms with Crippen molar-refractivity contribution in [1.29, 1.82) is 0 Å². The number of aromatic nitrogens is 2. The second kappa shape index (κ2) is 9.43. The molecule has 1 amide bonds. The van der Waals surface area contributed by atoms with Gasteiger partial charge < -0.3 is 19.8 Å². The molecule has 2 aliphatic heterocycles. The van der Waals surface area contributed by atoms with E-state index in [1.807, 2.05) is 6.92 Å². The SMILES string of the molecule is COC(=O)/C=C\c1ncn2cc(C3=C(C(=O)O)N4C(=O)[C@H]([C@@H](C)O)[C@@H]4[C@@]3(C)Cc3ccc([N+](=O)[O-])cc3)sc12. The molecule has 1 fully saturated rings. The summed E-state index contributed by atoms with van der Waals surface area (Å²) in [5.41, 5.74) is 0.417. The van der Waals surface area contributed by atoms with Crippen LogP contribution in [-0.4, -0.2) is 66.5 Å². The average Bonchev–Trinajstić information content (AvgIpc) is 3.51. The number of hydrogen-bond acceptors (Lipinski definition) is 9. The second-order valence-corrected chi connectivity index (χ2v) is 10.8. The molecule has 0 saturated carbocycles. The van der Waals surface area contributed by atoms with Gasteiger partial charge in [-0.25, -0.2) is 14.6 Å². The Labute approximate surface area is 225 Å². The van der Waals surface area contributed by atoms with E-state index in [-0.39, 0.29) is 17.8 Å². The predicted octanol–water partition coefficient (Wildman–Crippen LogP) is 2.76. The highest BCUT2D eigenvalue weighted by Crippen LogP contribution is 2.59. The molecule has 2 N–H and O–H groups in total. The number of aliphatic carboxylic acids is 1. The minimum atomic E-state index is -1.28. The number of ether oxygens (including phenoxy) is 1. The summed E-state index contributed by atoms with van der Waals surface area (Å²) in [7, 11) is 1.26. The Morgan fingerprint density at radius 1 is 1.33 bits per heavy atom. The Balaban J connectivity index is 1.66. The summed E-state index contributed by atoms with van der Waals surface area (Å²) in [4.78, 5) is 54.7. The molecule has 4 heterocycles. The zero-order valence-electron chi connectivity index (χ0n) is 21.1. The van der Waals surface area contributed by atoms with Gasteiger partial charge in [0.2, 0.25) is 5.91 Å². The van der Waals surface area contributed by atoms with Crippen molar-refractivity contribution in [2.45, 2.75) is 32.4 Å². The number of nitro benzene ring substituents is 1. The molecular formula is C26H24N4O8S. The lowest BCUT2D eigenvalue weighted by Crippen LogP contribution is -2.66. The molecule has 1 aromatic carbocycles. The molecule has 0 bridgehead atoms. The maximum atomic E-state index is 13.1. The normalized spacial score (nSPS) is 23.3. The first kappa shape index (κ1) is 26.3. The van der Waals surface area contributed by atoms with E-state index >= 15 is 0 Å². The van der Waals surface area contributed by atoms with Gasteiger partial charge in [-0.15, -0.1) is 11.3 Å². The van der Waals surface area contributed by atoms with Crippen LogP contribution in [0.25, 0.3) is 16.5 Å². The quantitative estimate of drug-likeness (QED) is 0.141. The number of imidazole rings is 1. The summed E-state index contributed by atoms with van der Waals surface area (Å²) in [5, 5.41) is 31.9. The van der Waals surface area contributed by atoms with Gasteiger partial charge >= 0.3 is 11.9 Å². The van der Waals surface area contributed by atoms with E-state index in [0.717, 1.165) is 0 Å². The van der Waals surface area contributed by atoms with Crippen LogP contribution in [0.3, 0.4) is 0 Å². The Morgan fingerprint density at radius 3 is 2.62 bits per heavy atom. The van der Waals surface area contributed by atoms with E-state index in [2.05, 4.69) is 9.72 Å². The molecule has 0 unspecified atom stereocenters. The summed E-state index contributed by atoms with van der Waals surface area (Å²) in [6.45, 7) is 3.36. The number of aliphatic hydroxyl groups excluding tert-OH is 1. The molecule has 0 radical (unpaired) electrons. The largest absolute Gasteiger partial charge is 0.477 e. The Morgan fingerprint density at radius 2 is 2.03 bits per heavy atom. The van der Waals surface area contributed by atoms with Crippen LogP contribution in [0.2, 0.25) is 0 Å². The van der Waals surface area contributed by atoms with Gasteiger partial charge in [-0.1, -0.05) is 19.1 Å². The standard InChI is InChI=1S/C26H24N4O8S/c1-13(31)19-22-26(2,10-14-4-6-15(7-5-14)30(36)37)20(21(25(34)35)29(22)23(19)33)17-11-28-12-27-16(24(28)39-17)8-9-18(32)38-3/h4-9,11-13,19,22,31H,10H2,1-3H3,(H,34,35)/b9-8-/t13-,19-,22-,26+/m1/s1. The third-order valence-corrected chi connectivity index (χ3v) is 8.49. The smallest absolute Gasteiger partial charge is 0.352 e. The van der Waals surface area contributed by atoms with Crippen molar-refractivity contribution < 1.29 is 34.3 Å². The number of benzene rings is 1. The molecule has 5 rings (SSSR count). The van der Waals surface area contributed by atoms with Crippen LogP contribution < -0.4 is 0 Å². The van der Waals surface area contributed by atoms with Crippen molar-refractivity contribution in [1.82, 2.24) is 14.3 Å². The van der Waals surface area contributed by atoms with Gasteiger partial charge in [0, 0.05) is 35.4 Å². The summed E-state index contributed by atoms with van der Waals surface area (Å²) >= 11 is 1.26. The first-order valence-electron chi connectivity index (χ1n) is 11.9. The summed E-state index contributed by atoms with van der Waals surface area (Å²) in [5.74, 6) is -3.11. The number of thiazole rings is 1. The number of esters is 1. The molecule has 3 aromatic rings. The third-order valence-electron chi connectivity index (χ3n) is 7.35. The first-order chi connectivity index (χ1) is 18.5. The highest BCUT2D eigenvalue weighted by atomic mass is 32.1. The number of β-lactam (4-membered cyclic amide) rings is 1. The number of amides is 1. The van der Waals surface area contributed by atoms with Crippen molar-refractivity contribution in [2.75, 3.05) is 7.11 Å². The molecule has 0 aliphatic carbocycles. The number of carbonyl (C=O) groups is 3. The van der Waals surface area contributed by atoms with Crippen molar-refractivity contribution in [2.24, 2.45) is 11.3 Å². The molecule has 1 saturated heterocycles. The number of fused-ring (bicyclic) bond motifs is 2.